The average molecular weight is 349 g/mol. The predicted molar refractivity (Wildman–Crippen MR) is 88.4 cm³/mol. The van der Waals surface area contributed by atoms with E-state index in [1.165, 1.54) is 0 Å². The number of halogens is 4. The van der Waals surface area contributed by atoms with Crippen molar-refractivity contribution in [2.24, 2.45) is 0 Å². The molecular weight excluding hydrogens is 336 g/mol. The first-order chi connectivity index (χ1) is 9.54. The van der Waals surface area contributed by atoms with Crippen LogP contribution in [0, 0.1) is 0 Å². The second kappa shape index (κ2) is 7.02. The normalized spacial score (nSPS) is 12.4. The minimum absolute atomic E-state index is 0.155. The Hall–Kier alpha value is -0.440. The van der Waals surface area contributed by atoms with Crippen molar-refractivity contribution in [1.29, 1.82) is 0 Å². The van der Waals surface area contributed by atoms with Crippen LogP contribution >= 0.6 is 46.4 Å². The minimum atomic E-state index is -0.155. The SMILES string of the molecule is CCNC(c1cc(Cl)ccc1Cl)c1cccc(Cl)c1Cl. The van der Waals surface area contributed by atoms with Crippen molar-refractivity contribution < 1.29 is 0 Å². The Morgan fingerprint density at radius 3 is 2.40 bits per heavy atom. The van der Waals surface area contributed by atoms with Gasteiger partial charge in [-0.3, -0.25) is 0 Å². The van der Waals surface area contributed by atoms with E-state index < -0.39 is 0 Å². The summed E-state index contributed by atoms with van der Waals surface area (Å²) in [5, 5.41) is 5.67. The van der Waals surface area contributed by atoms with Crippen molar-refractivity contribution in [2.45, 2.75) is 13.0 Å². The first-order valence-corrected chi connectivity index (χ1v) is 7.68. The van der Waals surface area contributed by atoms with Gasteiger partial charge in [0, 0.05) is 10.0 Å². The van der Waals surface area contributed by atoms with Crippen molar-refractivity contribution in [3.05, 3.63) is 67.6 Å². The molecule has 20 heavy (non-hydrogen) atoms. The van der Waals surface area contributed by atoms with Gasteiger partial charge in [-0.15, -0.1) is 0 Å². The van der Waals surface area contributed by atoms with Gasteiger partial charge in [-0.25, -0.2) is 0 Å². The van der Waals surface area contributed by atoms with Crippen LogP contribution < -0.4 is 5.32 Å². The van der Waals surface area contributed by atoms with Gasteiger partial charge >= 0.3 is 0 Å². The van der Waals surface area contributed by atoms with Gasteiger partial charge in [0.1, 0.15) is 0 Å². The zero-order chi connectivity index (χ0) is 14.7. The second-order valence-corrected chi connectivity index (χ2v) is 5.93. The van der Waals surface area contributed by atoms with Crippen LogP contribution in [0.15, 0.2) is 36.4 Å². The topological polar surface area (TPSA) is 12.0 Å². The molecule has 0 aromatic heterocycles. The standard InChI is InChI=1S/C15H13Cl4N/c1-2-20-15(10-4-3-5-13(18)14(10)19)11-8-9(16)6-7-12(11)17/h3-8,15,20H,2H2,1H3. The van der Waals surface area contributed by atoms with Crippen LogP contribution in [0.2, 0.25) is 20.1 Å². The van der Waals surface area contributed by atoms with Gasteiger partial charge in [0.25, 0.3) is 0 Å². The molecule has 5 heteroatoms. The van der Waals surface area contributed by atoms with Gasteiger partial charge in [-0.1, -0.05) is 65.5 Å². The molecule has 2 rings (SSSR count). The third-order valence-corrected chi connectivity index (χ3v) is 4.38. The lowest BCUT2D eigenvalue weighted by atomic mass is 9.98. The van der Waals surface area contributed by atoms with Gasteiger partial charge in [-0.2, -0.15) is 0 Å². The molecule has 0 radical (unpaired) electrons. The van der Waals surface area contributed by atoms with E-state index in [-0.39, 0.29) is 6.04 Å². The van der Waals surface area contributed by atoms with Crippen molar-refractivity contribution >= 4 is 46.4 Å². The quantitative estimate of drug-likeness (QED) is 0.714. The fraction of sp³-hybridized carbons (Fsp3) is 0.200. The first-order valence-electron chi connectivity index (χ1n) is 6.16. The van der Waals surface area contributed by atoms with Crippen LogP contribution in [0.5, 0.6) is 0 Å². The number of hydrogen-bond acceptors (Lipinski definition) is 1. The van der Waals surface area contributed by atoms with Crippen LogP contribution in [-0.2, 0) is 0 Å². The smallest absolute Gasteiger partial charge is 0.0643 e. The highest BCUT2D eigenvalue weighted by Gasteiger charge is 2.20. The largest absolute Gasteiger partial charge is 0.306 e. The summed E-state index contributed by atoms with van der Waals surface area (Å²) in [6.45, 7) is 2.78. The summed E-state index contributed by atoms with van der Waals surface area (Å²) in [5.74, 6) is 0. The van der Waals surface area contributed by atoms with E-state index in [2.05, 4.69) is 5.32 Å². The molecule has 0 heterocycles. The second-order valence-electron chi connectivity index (χ2n) is 4.30. The van der Waals surface area contributed by atoms with E-state index in [0.717, 1.165) is 17.7 Å². The summed E-state index contributed by atoms with van der Waals surface area (Å²) in [7, 11) is 0. The molecule has 0 aliphatic rings. The van der Waals surface area contributed by atoms with Crippen LogP contribution in [0.3, 0.4) is 0 Å². The first kappa shape index (κ1) is 15.9. The number of nitrogens with one attached hydrogen (secondary N) is 1. The van der Waals surface area contributed by atoms with Gasteiger partial charge in [-0.05, 0) is 41.9 Å². The third-order valence-electron chi connectivity index (χ3n) is 2.97. The summed E-state index contributed by atoms with van der Waals surface area (Å²) in [6.07, 6.45) is 0. The van der Waals surface area contributed by atoms with E-state index in [0.29, 0.717) is 20.1 Å². The van der Waals surface area contributed by atoms with E-state index in [1.807, 2.05) is 25.1 Å². The molecule has 0 saturated carbocycles. The zero-order valence-electron chi connectivity index (χ0n) is 10.8. The van der Waals surface area contributed by atoms with Crippen molar-refractivity contribution in [1.82, 2.24) is 5.32 Å². The van der Waals surface area contributed by atoms with Crippen LogP contribution in [0.25, 0.3) is 0 Å². The maximum absolute atomic E-state index is 6.32. The Kier molecular flexibility index (Phi) is 5.59. The Morgan fingerprint density at radius 1 is 0.950 bits per heavy atom. The van der Waals surface area contributed by atoms with Crippen molar-refractivity contribution in [3.8, 4) is 0 Å². The third kappa shape index (κ3) is 3.41. The molecule has 0 aliphatic heterocycles. The van der Waals surface area contributed by atoms with Crippen LogP contribution in [0.1, 0.15) is 24.1 Å². The van der Waals surface area contributed by atoms with Gasteiger partial charge in [0.15, 0.2) is 0 Å². The molecule has 0 aliphatic carbocycles. The monoisotopic (exact) mass is 347 g/mol. The zero-order valence-corrected chi connectivity index (χ0v) is 13.8. The van der Waals surface area contributed by atoms with Gasteiger partial charge < -0.3 is 5.32 Å². The highest BCUT2D eigenvalue weighted by atomic mass is 35.5. The molecule has 2 aromatic rings. The van der Waals surface area contributed by atoms with Crippen molar-refractivity contribution in [3.63, 3.8) is 0 Å². The fourth-order valence-corrected chi connectivity index (χ4v) is 2.89. The molecule has 0 fully saturated rings. The summed E-state index contributed by atoms with van der Waals surface area (Å²) >= 11 is 24.8. The molecule has 0 amide bonds. The summed E-state index contributed by atoms with van der Waals surface area (Å²) in [5.41, 5.74) is 1.76. The number of rotatable bonds is 4. The molecule has 2 aromatic carbocycles. The lowest BCUT2D eigenvalue weighted by Gasteiger charge is -2.22. The molecular formula is C15H13Cl4N. The number of hydrogen-bond donors (Lipinski definition) is 1. The van der Waals surface area contributed by atoms with Crippen LogP contribution in [0.4, 0.5) is 0 Å². The van der Waals surface area contributed by atoms with E-state index in [9.17, 15) is 0 Å². The van der Waals surface area contributed by atoms with Crippen molar-refractivity contribution in [2.75, 3.05) is 6.54 Å². The van der Waals surface area contributed by atoms with E-state index in [1.54, 1.807) is 18.2 Å². The highest BCUT2D eigenvalue weighted by molar-refractivity contribution is 6.42. The van der Waals surface area contributed by atoms with E-state index in [4.69, 9.17) is 46.4 Å². The van der Waals surface area contributed by atoms with Gasteiger partial charge in [0.05, 0.1) is 16.1 Å². The lowest BCUT2D eigenvalue weighted by Crippen LogP contribution is -2.22. The molecule has 1 atom stereocenters. The molecule has 0 saturated heterocycles. The van der Waals surface area contributed by atoms with Crippen LogP contribution in [-0.4, -0.2) is 6.54 Å². The maximum Gasteiger partial charge on any atom is 0.0643 e. The highest BCUT2D eigenvalue weighted by Crippen LogP contribution is 2.36. The maximum atomic E-state index is 6.32. The predicted octanol–water partition coefficient (Wildman–Crippen LogP) is 6.00. The summed E-state index contributed by atoms with van der Waals surface area (Å²) in [6, 6.07) is 10.8. The molecule has 106 valence electrons. The molecule has 0 spiro atoms. The average Bonchev–Trinajstić information content (AvgIpc) is 2.43. The Bertz CT molecular complexity index is 611. The fourth-order valence-electron chi connectivity index (χ4n) is 2.07. The summed E-state index contributed by atoms with van der Waals surface area (Å²) < 4.78 is 0. The Balaban J connectivity index is 2.56. The summed E-state index contributed by atoms with van der Waals surface area (Å²) in [4.78, 5) is 0. The molecule has 1 unspecified atom stereocenters. The van der Waals surface area contributed by atoms with E-state index >= 15 is 0 Å². The van der Waals surface area contributed by atoms with Gasteiger partial charge in [0.2, 0.25) is 0 Å². The Labute approximate surface area is 138 Å². The molecule has 1 N–H and O–H groups in total. The Morgan fingerprint density at radius 2 is 1.70 bits per heavy atom. The molecule has 1 nitrogen and oxygen atoms in total. The lowest BCUT2D eigenvalue weighted by molar-refractivity contribution is 0.631. The minimum Gasteiger partial charge on any atom is -0.306 e. The number of benzene rings is 2. The molecule has 0 bridgehead atoms.